The number of carbonyl (C=O) groups excluding carboxylic acids is 1. The molecule has 1 aromatic rings. The minimum absolute atomic E-state index is 0.00729. The molecular formula is C12H15Cl2NO2. The fourth-order valence-electron chi connectivity index (χ4n) is 1.22. The highest BCUT2D eigenvalue weighted by Crippen LogP contribution is 2.16. The van der Waals surface area contributed by atoms with Crippen molar-refractivity contribution in [1.29, 1.82) is 0 Å². The SMILES string of the molecule is CCC(CCl)NC(=O)COc1cccc(Cl)c1. The molecule has 17 heavy (non-hydrogen) atoms. The number of hydrogen-bond acceptors (Lipinski definition) is 2. The van der Waals surface area contributed by atoms with Crippen molar-refractivity contribution in [2.45, 2.75) is 19.4 Å². The van der Waals surface area contributed by atoms with E-state index in [1.165, 1.54) is 0 Å². The lowest BCUT2D eigenvalue weighted by atomic mass is 10.2. The third-order valence-corrected chi connectivity index (χ3v) is 2.82. The Kier molecular flexibility index (Phi) is 6.16. The van der Waals surface area contributed by atoms with Gasteiger partial charge in [-0.05, 0) is 24.6 Å². The third kappa shape index (κ3) is 5.29. The molecule has 1 N–H and O–H groups in total. The van der Waals surface area contributed by atoms with Crippen LogP contribution in [0.4, 0.5) is 0 Å². The second kappa shape index (κ2) is 7.41. The van der Waals surface area contributed by atoms with Gasteiger partial charge in [0.25, 0.3) is 5.91 Å². The number of alkyl halides is 1. The number of halogens is 2. The summed E-state index contributed by atoms with van der Waals surface area (Å²) in [6.45, 7) is 1.93. The zero-order valence-corrected chi connectivity index (χ0v) is 11.1. The van der Waals surface area contributed by atoms with E-state index in [1.807, 2.05) is 6.92 Å². The maximum Gasteiger partial charge on any atom is 0.258 e. The van der Waals surface area contributed by atoms with Crippen molar-refractivity contribution in [2.24, 2.45) is 0 Å². The van der Waals surface area contributed by atoms with Crippen LogP contribution in [0.5, 0.6) is 5.75 Å². The fourth-order valence-corrected chi connectivity index (χ4v) is 1.70. The van der Waals surface area contributed by atoms with E-state index in [9.17, 15) is 4.79 Å². The Morgan fingerprint density at radius 1 is 1.53 bits per heavy atom. The summed E-state index contributed by atoms with van der Waals surface area (Å²) in [4.78, 5) is 11.5. The predicted octanol–water partition coefficient (Wildman–Crippen LogP) is 2.85. The lowest BCUT2D eigenvalue weighted by Gasteiger charge is -2.14. The van der Waals surface area contributed by atoms with Gasteiger partial charge in [0.05, 0.1) is 0 Å². The Morgan fingerprint density at radius 2 is 2.29 bits per heavy atom. The molecule has 94 valence electrons. The largest absolute Gasteiger partial charge is 0.484 e. The summed E-state index contributed by atoms with van der Waals surface area (Å²) in [7, 11) is 0. The number of ether oxygens (including phenoxy) is 1. The predicted molar refractivity (Wildman–Crippen MR) is 69.9 cm³/mol. The van der Waals surface area contributed by atoms with E-state index in [4.69, 9.17) is 27.9 Å². The van der Waals surface area contributed by atoms with Gasteiger partial charge in [-0.25, -0.2) is 0 Å². The molecule has 1 rings (SSSR count). The van der Waals surface area contributed by atoms with E-state index in [0.29, 0.717) is 16.7 Å². The van der Waals surface area contributed by atoms with Crippen molar-refractivity contribution in [3.8, 4) is 5.75 Å². The first-order valence-electron chi connectivity index (χ1n) is 5.39. The number of benzene rings is 1. The van der Waals surface area contributed by atoms with Crippen LogP contribution in [0.1, 0.15) is 13.3 Å². The van der Waals surface area contributed by atoms with Gasteiger partial charge in [0, 0.05) is 16.9 Å². The van der Waals surface area contributed by atoms with Crippen LogP contribution < -0.4 is 10.1 Å². The Morgan fingerprint density at radius 3 is 2.88 bits per heavy atom. The van der Waals surface area contributed by atoms with E-state index in [1.54, 1.807) is 24.3 Å². The highest BCUT2D eigenvalue weighted by molar-refractivity contribution is 6.30. The maximum atomic E-state index is 11.5. The van der Waals surface area contributed by atoms with Crippen molar-refractivity contribution < 1.29 is 9.53 Å². The first kappa shape index (κ1) is 14.1. The quantitative estimate of drug-likeness (QED) is 0.811. The number of hydrogen-bond donors (Lipinski definition) is 1. The van der Waals surface area contributed by atoms with Crippen LogP contribution in [0.2, 0.25) is 5.02 Å². The molecule has 1 unspecified atom stereocenters. The summed E-state index contributed by atoms with van der Waals surface area (Å²) in [6, 6.07) is 6.91. The number of carbonyl (C=O) groups is 1. The maximum absolute atomic E-state index is 11.5. The van der Waals surface area contributed by atoms with E-state index in [0.717, 1.165) is 6.42 Å². The van der Waals surface area contributed by atoms with Crippen molar-refractivity contribution in [1.82, 2.24) is 5.32 Å². The van der Waals surface area contributed by atoms with Crippen molar-refractivity contribution in [3.63, 3.8) is 0 Å². The lowest BCUT2D eigenvalue weighted by Crippen LogP contribution is -2.38. The van der Waals surface area contributed by atoms with Gasteiger partial charge >= 0.3 is 0 Å². The van der Waals surface area contributed by atoms with Crippen LogP contribution in [-0.2, 0) is 4.79 Å². The molecular weight excluding hydrogens is 261 g/mol. The van der Waals surface area contributed by atoms with E-state index >= 15 is 0 Å². The first-order valence-corrected chi connectivity index (χ1v) is 6.30. The molecule has 0 aromatic heterocycles. The van der Waals surface area contributed by atoms with Crippen LogP contribution in [0.3, 0.4) is 0 Å². The van der Waals surface area contributed by atoms with Gasteiger partial charge in [0.1, 0.15) is 5.75 Å². The molecule has 1 atom stereocenters. The Bertz CT molecular complexity index is 367. The second-order valence-electron chi connectivity index (χ2n) is 3.57. The Labute approximate surface area is 111 Å². The molecule has 0 spiro atoms. The van der Waals surface area contributed by atoms with Gasteiger partial charge in [-0.2, -0.15) is 0 Å². The molecule has 0 saturated carbocycles. The summed E-state index contributed by atoms with van der Waals surface area (Å²) >= 11 is 11.5. The minimum Gasteiger partial charge on any atom is -0.484 e. The van der Waals surface area contributed by atoms with Crippen molar-refractivity contribution >= 4 is 29.1 Å². The normalized spacial score (nSPS) is 11.9. The minimum atomic E-state index is -0.183. The highest BCUT2D eigenvalue weighted by Gasteiger charge is 2.09. The highest BCUT2D eigenvalue weighted by atomic mass is 35.5. The molecule has 0 bridgehead atoms. The van der Waals surface area contributed by atoms with Crippen molar-refractivity contribution in [2.75, 3.05) is 12.5 Å². The lowest BCUT2D eigenvalue weighted by molar-refractivity contribution is -0.123. The zero-order valence-electron chi connectivity index (χ0n) is 9.58. The summed E-state index contributed by atoms with van der Waals surface area (Å²) in [5, 5.41) is 3.35. The average molecular weight is 276 g/mol. The molecule has 5 heteroatoms. The fraction of sp³-hybridized carbons (Fsp3) is 0.417. The summed E-state index contributed by atoms with van der Waals surface area (Å²) in [5.74, 6) is 0.795. The van der Waals surface area contributed by atoms with Gasteiger partial charge < -0.3 is 10.1 Å². The number of rotatable bonds is 6. The van der Waals surface area contributed by atoms with Gasteiger partial charge in [-0.3, -0.25) is 4.79 Å². The molecule has 3 nitrogen and oxygen atoms in total. The van der Waals surface area contributed by atoms with Gasteiger partial charge in [-0.1, -0.05) is 24.6 Å². The van der Waals surface area contributed by atoms with Crippen molar-refractivity contribution in [3.05, 3.63) is 29.3 Å². The Hall–Kier alpha value is -0.930. The molecule has 1 amide bonds. The third-order valence-electron chi connectivity index (χ3n) is 2.21. The smallest absolute Gasteiger partial charge is 0.258 e. The zero-order chi connectivity index (χ0) is 12.7. The molecule has 0 aliphatic heterocycles. The number of nitrogens with one attached hydrogen (secondary N) is 1. The summed E-state index contributed by atoms with van der Waals surface area (Å²) in [6.07, 6.45) is 0.798. The average Bonchev–Trinajstić information content (AvgIpc) is 2.33. The van der Waals surface area contributed by atoms with Crippen LogP contribution in [0, 0.1) is 0 Å². The van der Waals surface area contributed by atoms with Gasteiger partial charge in [-0.15, -0.1) is 11.6 Å². The van der Waals surface area contributed by atoms with Crippen LogP contribution in [-0.4, -0.2) is 24.4 Å². The molecule has 0 radical (unpaired) electrons. The summed E-state index contributed by atoms with van der Waals surface area (Å²) in [5.41, 5.74) is 0. The van der Waals surface area contributed by atoms with Gasteiger partial charge in [0.2, 0.25) is 0 Å². The summed E-state index contributed by atoms with van der Waals surface area (Å²) < 4.78 is 5.30. The molecule has 1 aromatic carbocycles. The topological polar surface area (TPSA) is 38.3 Å². The van der Waals surface area contributed by atoms with Crippen LogP contribution >= 0.6 is 23.2 Å². The molecule has 0 heterocycles. The molecule has 0 saturated heterocycles. The molecule has 0 aliphatic rings. The first-order chi connectivity index (χ1) is 8.15. The monoisotopic (exact) mass is 275 g/mol. The van der Waals surface area contributed by atoms with E-state index in [2.05, 4.69) is 5.32 Å². The number of amides is 1. The molecule has 0 aliphatic carbocycles. The van der Waals surface area contributed by atoms with Crippen LogP contribution in [0.25, 0.3) is 0 Å². The standard InChI is InChI=1S/C12H15Cl2NO2/c1-2-10(7-13)15-12(16)8-17-11-5-3-4-9(14)6-11/h3-6,10H,2,7-8H2,1H3,(H,15,16). The van der Waals surface area contributed by atoms with Crippen LogP contribution in [0.15, 0.2) is 24.3 Å². The van der Waals surface area contributed by atoms with E-state index < -0.39 is 0 Å². The van der Waals surface area contributed by atoms with Gasteiger partial charge in [0.15, 0.2) is 6.61 Å². The second-order valence-corrected chi connectivity index (χ2v) is 4.32. The Balaban J connectivity index is 2.38. The molecule has 0 fully saturated rings. The van der Waals surface area contributed by atoms with E-state index in [-0.39, 0.29) is 18.6 Å².